The predicted molar refractivity (Wildman–Crippen MR) is 89.5 cm³/mol. The molecule has 3 aromatic carbocycles. The second-order valence-electron chi connectivity index (χ2n) is 4.71. The molecule has 0 saturated carbocycles. The van der Waals surface area contributed by atoms with Crippen molar-refractivity contribution < 1.29 is 19.3 Å². The molecule has 3 rings (SSSR count). The predicted octanol–water partition coefficient (Wildman–Crippen LogP) is 4.36. The summed E-state index contributed by atoms with van der Waals surface area (Å²) in [5.41, 5.74) is 0. The van der Waals surface area contributed by atoms with Crippen molar-refractivity contribution in [3.05, 3.63) is 36.4 Å². The van der Waals surface area contributed by atoms with Gasteiger partial charge in [0.1, 0.15) is 5.75 Å². The smallest absolute Gasteiger partial charge is 0.203 e. The van der Waals surface area contributed by atoms with E-state index in [2.05, 4.69) is 0 Å². The van der Waals surface area contributed by atoms with Crippen LogP contribution in [0.5, 0.6) is 23.0 Å². The van der Waals surface area contributed by atoms with Crippen LogP contribution in [0.25, 0.3) is 21.5 Å². The van der Waals surface area contributed by atoms with Gasteiger partial charge in [-0.05, 0) is 40.4 Å². The highest BCUT2D eigenvalue weighted by atomic mass is 16.5. The molecule has 116 valence electrons. The van der Waals surface area contributed by atoms with Gasteiger partial charge in [-0.3, -0.25) is 0 Å². The highest BCUT2D eigenvalue weighted by Gasteiger charge is 2.17. The van der Waals surface area contributed by atoms with Gasteiger partial charge in [-0.15, -0.1) is 0 Å². The van der Waals surface area contributed by atoms with Gasteiger partial charge in [0.2, 0.25) is 5.75 Å². The Balaban J connectivity index is 0.00000176. The Bertz CT molecular complexity index is 824. The molecule has 0 aromatic heterocycles. The van der Waals surface area contributed by atoms with E-state index in [0.717, 1.165) is 21.5 Å². The van der Waals surface area contributed by atoms with Gasteiger partial charge in [0.15, 0.2) is 11.5 Å². The van der Waals surface area contributed by atoms with E-state index >= 15 is 0 Å². The lowest BCUT2D eigenvalue weighted by Gasteiger charge is -2.16. The monoisotopic (exact) mass is 300 g/mol. The van der Waals surface area contributed by atoms with Gasteiger partial charge in [0, 0.05) is 5.39 Å². The molecule has 22 heavy (non-hydrogen) atoms. The molecule has 0 atom stereocenters. The maximum Gasteiger partial charge on any atom is 0.203 e. The lowest BCUT2D eigenvalue weighted by molar-refractivity contribution is 0.327. The van der Waals surface area contributed by atoms with Gasteiger partial charge in [-0.25, -0.2) is 0 Å². The molecular formula is C18H20O4. The Kier molecular flexibility index (Phi) is 4.31. The molecule has 0 aliphatic heterocycles. The molecule has 0 saturated heterocycles. The second kappa shape index (κ2) is 6.02. The maximum absolute atomic E-state index is 9.62. The third kappa shape index (κ3) is 2.26. The van der Waals surface area contributed by atoms with E-state index < -0.39 is 0 Å². The SMILES string of the molecule is C.COc1cc2c(ccc3cc(O)ccc32)c(OC)c1OC. The van der Waals surface area contributed by atoms with E-state index in [0.29, 0.717) is 17.2 Å². The molecule has 0 radical (unpaired) electrons. The number of phenols is 1. The first-order chi connectivity index (χ1) is 10.2. The summed E-state index contributed by atoms with van der Waals surface area (Å²) in [5, 5.41) is 13.5. The number of rotatable bonds is 3. The summed E-state index contributed by atoms with van der Waals surface area (Å²) in [6.07, 6.45) is 0. The minimum atomic E-state index is 0. The first kappa shape index (κ1) is 15.8. The molecule has 0 aliphatic rings. The third-order valence-electron chi connectivity index (χ3n) is 3.62. The van der Waals surface area contributed by atoms with Crippen molar-refractivity contribution in [1.29, 1.82) is 0 Å². The minimum Gasteiger partial charge on any atom is -0.508 e. The fraction of sp³-hybridized carbons (Fsp3) is 0.222. The van der Waals surface area contributed by atoms with Gasteiger partial charge in [-0.1, -0.05) is 19.6 Å². The molecule has 0 bridgehead atoms. The van der Waals surface area contributed by atoms with E-state index in [9.17, 15) is 5.11 Å². The van der Waals surface area contributed by atoms with Crippen molar-refractivity contribution in [1.82, 2.24) is 0 Å². The van der Waals surface area contributed by atoms with Crippen molar-refractivity contribution in [3.8, 4) is 23.0 Å². The maximum atomic E-state index is 9.62. The molecule has 3 aromatic rings. The average molecular weight is 300 g/mol. The lowest BCUT2D eigenvalue weighted by Crippen LogP contribution is -1.96. The van der Waals surface area contributed by atoms with Crippen molar-refractivity contribution in [3.63, 3.8) is 0 Å². The number of phenolic OH excluding ortho intramolecular Hbond substituents is 1. The number of hydrogen-bond acceptors (Lipinski definition) is 4. The van der Waals surface area contributed by atoms with E-state index in [1.807, 2.05) is 24.3 Å². The zero-order valence-corrected chi connectivity index (χ0v) is 12.1. The van der Waals surface area contributed by atoms with Crippen LogP contribution in [0.3, 0.4) is 0 Å². The number of benzene rings is 3. The van der Waals surface area contributed by atoms with Crippen LogP contribution in [0.2, 0.25) is 0 Å². The molecule has 0 amide bonds. The molecule has 4 nitrogen and oxygen atoms in total. The molecule has 1 N–H and O–H groups in total. The molecule has 0 heterocycles. The summed E-state index contributed by atoms with van der Waals surface area (Å²) in [5.74, 6) is 2.07. The molecule has 4 heteroatoms. The van der Waals surface area contributed by atoms with Crippen LogP contribution < -0.4 is 14.2 Å². The number of aromatic hydroxyl groups is 1. The van der Waals surface area contributed by atoms with E-state index in [4.69, 9.17) is 14.2 Å². The molecule has 0 unspecified atom stereocenters. The zero-order chi connectivity index (χ0) is 15.0. The van der Waals surface area contributed by atoms with Crippen molar-refractivity contribution in [2.75, 3.05) is 21.3 Å². The molecule has 0 spiro atoms. The Morgan fingerprint density at radius 1 is 0.727 bits per heavy atom. The number of hydrogen-bond donors (Lipinski definition) is 1. The Morgan fingerprint density at radius 2 is 1.41 bits per heavy atom. The Labute approximate surface area is 129 Å². The van der Waals surface area contributed by atoms with Crippen molar-refractivity contribution in [2.24, 2.45) is 0 Å². The van der Waals surface area contributed by atoms with Crippen molar-refractivity contribution >= 4 is 21.5 Å². The van der Waals surface area contributed by atoms with Gasteiger partial charge >= 0.3 is 0 Å². The van der Waals surface area contributed by atoms with E-state index in [-0.39, 0.29) is 13.2 Å². The number of methoxy groups -OCH3 is 3. The van der Waals surface area contributed by atoms with Crippen LogP contribution in [0.4, 0.5) is 0 Å². The summed E-state index contributed by atoms with van der Waals surface area (Å²) < 4.78 is 16.3. The van der Waals surface area contributed by atoms with Gasteiger partial charge < -0.3 is 19.3 Å². The largest absolute Gasteiger partial charge is 0.508 e. The number of ether oxygens (including phenoxy) is 3. The van der Waals surface area contributed by atoms with Gasteiger partial charge in [-0.2, -0.15) is 0 Å². The van der Waals surface area contributed by atoms with Gasteiger partial charge in [0.25, 0.3) is 0 Å². The minimum absolute atomic E-state index is 0. The summed E-state index contributed by atoms with van der Waals surface area (Å²) in [6.45, 7) is 0. The summed E-state index contributed by atoms with van der Waals surface area (Å²) in [6, 6.07) is 11.1. The molecule has 0 aliphatic carbocycles. The van der Waals surface area contributed by atoms with E-state index in [1.165, 1.54) is 0 Å². The highest BCUT2D eigenvalue weighted by molar-refractivity contribution is 6.11. The fourth-order valence-electron chi connectivity index (χ4n) is 2.67. The van der Waals surface area contributed by atoms with Crippen LogP contribution in [-0.2, 0) is 0 Å². The topological polar surface area (TPSA) is 47.9 Å². The quantitative estimate of drug-likeness (QED) is 0.730. The van der Waals surface area contributed by atoms with Gasteiger partial charge in [0.05, 0.1) is 21.3 Å². The van der Waals surface area contributed by atoms with Crippen LogP contribution >= 0.6 is 0 Å². The van der Waals surface area contributed by atoms with E-state index in [1.54, 1.807) is 33.5 Å². The Morgan fingerprint density at radius 3 is 2.05 bits per heavy atom. The first-order valence-corrected chi connectivity index (χ1v) is 6.54. The molecular weight excluding hydrogens is 280 g/mol. The summed E-state index contributed by atoms with van der Waals surface area (Å²) in [7, 11) is 4.79. The Hall–Kier alpha value is -2.62. The average Bonchev–Trinajstić information content (AvgIpc) is 2.52. The fourth-order valence-corrected chi connectivity index (χ4v) is 2.67. The number of fused-ring (bicyclic) bond motifs is 3. The van der Waals surface area contributed by atoms with Crippen LogP contribution in [0.15, 0.2) is 36.4 Å². The second-order valence-corrected chi connectivity index (χ2v) is 4.71. The molecule has 0 fully saturated rings. The standard InChI is InChI=1S/C17H16O4.CH4/c1-19-15-9-14-12-7-5-11(18)8-10(12)4-6-13(14)16(20-2)17(15)21-3;/h4-9,18H,1-3H3;1H4. The van der Waals surface area contributed by atoms with Crippen LogP contribution in [0, 0.1) is 0 Å². The van der Waals surface area contributed by atoms with Crippen LogP contribution in [0.1, 0.15) is 7.43 Å². The van der Waals surface area contributed by atoms with Crippen molar-refractivity contribution in [2.45, 2.75) is 7.43 Å². The first-order valence-electron chi connectivity index (χ1n) is 6.54. The lowest BCUT2D eigenvalue weighted by atomic mass is 10.00. The third-order valence-corrected chi connectivity index (χ3v) is 3.62. The summed E-state index contributed by atoms with van der Waals surface area (Å²) >= 11 is 0. The zero-order valence-electron chi connectivity index (χ0n) is 12.1. The normalized spacial score (nSPS) is 10.3. The summed E-state index contributed by atoms with van der Waals surface area (Å²) in [4.78, 5) is 0. The highest BCUT2D eigenvalue weighted by Crippen LogP contribution is 2.45. The van der Waals surface area contributed by atoms with Crippen LogP contribution in [-0.4, -0.2) is 26.4 Å².